The fourth-order valence-corrected chi connectivity index (χ4v) is 6.60. The number of amides is 1. The van der Waals surface area contributed by atoms with E-state index in [-0.39, 0.29) is 37.0 Å². The standard InChI is InChI=1S/C38H69N5O9S/c1-34(39-23-25-50-27-29-52-33-37(45)21-17-24-49-26-28-51-32-35(2)44)19-18-30-53(47,48)42-38(46)22-16-14-12-10-8-6-4-3-5-7-9-11-13-15-20-36-31-40-43-41-36/h39H,1,3-33H2,2H3,(H,42,46). The fourth-order valence-electron chi connectivity index (χ4n) is 5.53. The number of allylic oxidation sites excluding steroid dienone is 1. The van der Waals surface area contributed by atoms with Crippen LogP contribution in [0.4, 0.5) is 0 Å². The first kappa shape index (κ1) is 48.4. The highest BCUT2D eigenvalue weighted by atomic mass is 32.2. The fraction of sp³-hybridized carbons (Fsp3) is 0.842. The molecule has 0 bridgehead atoms. The van der Waals surface area contributed by atoms with Gasteiger partial charge in [-0.15, -0.1) is 5.10 Å². The summed E-state index contributed by atoms with van der Waals surface area (Å²) in [4.78, 5) is 34.8. The molecule has 1 amide bonds. The third-order valence-electron chi connectivity index (χ3n) is 8.46. The molecule has 2 N–H and O–H groups in total. The van der Waals surface area contributed by atoms with Crippen molar-refractivity contribution in [3.63, 3.8) is 0 Å². The van der Waals surface area contributed by atoms with E-state index < -0.39 is 15.9 Å². The number of hydrogen-bond acceptors (Lipinski definition) is 13. The summed E-state index contributed by atoms with van der Waals surface area (Å²) in [5, 5.41) is 14.7. The number of ketones is 2. The van der Waals surface area contributed by atoms with E-state index >= 15 is 0 Å². The number of carbonyl (C=O) groups excluding carboxylic acids is 3. The lowest BCUT2D eigenvalue weighted by Gasteiger charge is -2.11. The lowest BCUT2D eigenvalue weighted by molar-refractivity contribution is -0.125. The Kier molecular flexibility index (Phi) is 31.0. The van der Waals surface area contributed by atoms with Crippen LogP contribution in [0.1, 0.15) is 135 Å². The van der Waals surface area contributed by atoms with E-state index in [4.69, 9.17) is 18.9 Å². The number of sulfonamides is 1. The minimum absolute atomic E-state index is 0.00640. The third kappa shape index (κ3) is 33.7. The number of nitrogens with one attached hydrogen (secondary N) is 2. The quantitative estimate of drug-likeness (QED) is 0.0663. The minimum atomic E-state index is -3.67. The molecule has 15 heteroatoms. The summed E-state index contributed by atoms with van der Waals surface area (Å²) in [5.41, 5.74) is 1.82. The van der Waals surface area contributed by atoms with Crippen LogP contribution >= 0.6 is 0 Å². The highest BCUT2D eigenvalue weighted by Crippen LogP contribution is 2.14. The van der Waals surface area contributed by atoms with Gasteiger partial charge in [0.1, 0.15) is 19.8 Å². The van der Waals surface area contributed by atoms with Gasteiger partial charge in [-0.3, -0.25) is 19.1 Å². The van der Waals surface area contributed by atoms with Gasteiger partial charge in [0.2, 0.25) is 15.9 Å². The molecule has 0 aromatic carbocycles. The highest BCUT2D eigenvalue weighted by Gasteiger charge is 2.14. The topological polar surface area (TPSA) is 183 Å². The van der Waals surface area contributed by atoms with Crippen LogP contribution in [0.25, 0.3) is 0 Å². The highest BCUT2D eigenvalue weighted by molar-refractivity contribution is 7.90. The Labute approximate surface area is 319 Å². The van der Waals surface area contributed by atoms with Crippen LogP contribution in [0.3, 0.4) is 0 Å². The van der Waals surface area contributed by atoms with Crippen molar-refractivity contribution in [2.75, 3.05) is 71.7 Å². The monoisotopic (exact) mass is 771 g/mol. The lowest BCUT2D eigenvalue weighted by atomic mass is 10.0. The Balaban J connectivity index is 1.84. The van der Waals surface area contributed by atoms with Gasteiger partial charge in [-0.05, 0) is 50.7 Å². The molecule has 1 heterocycles. The van der Waals surface area contributed by atoms with Crippen LogP contribution in [0.5, 0.6) is 0 Å². The molecule has 1 aliphatic rings. The van der Waals surface area contributed by atoms with E-state index in [0.29, 0.717) is 90.5 Å². The predicted molar refractivity (Wildman–Crippen MR) is 208 cm³/mol. The van der Waals surface area contributed by atoms with Crippen molar-refractivity contribution < 1.29 is 41.7 Å². The third-order valence-corrected chi connectivity index (χ3v) is 9.83. The van der Waals surface area contributed by atoms with Crippen LogP contribution in [-0.4, -0.2) is 103 Å². The first-order valence-electron chi connectivity index (χ1n) is 19.9. The zero-order valence-electron chi connectivity index (χ0n) is 32.6. The molecule has 0 aromatic rings. The Morgan fingerprint density at radius 1 is 0.660 bits per heavy atom. The molecule has 0 spiro atoms. The summed E-state index contributed by atoms with van der Waals surface area (Å²) < 4.78 is 48.1. The molecular formula is C38H69N5O9S. The molecule has 53 heavy (non-hydrogen) atoms. The van der Waals surface area contributed by atoms with Crippen molar-refractivity contribution in [2.45, 2.75) is 135 Å². The zero-order chi connectivity index (χ0) is 38.7. The molecule has 14 nitrogen and oxygen atoms in total. The van der Waals surface area contributed by atoms with Gasteiger partial charge in [-0.25, -0.2) is 8.42 Å². The van der Waals surface area contributed by atoms with E-state index in [9.17, 15) is 22.8 Å². The summed E-state index contributed by atoms with van der Waals surface area (Å²) in [6, 6.07) is 0. The van der Waals surface area contributed by atoms with Crippen molar-refractivity contribution in [3.05, 3.63) is 12.3 Å². The van der Waals surface area contributed by atoms with Crippen LogP contribution in [-0.2, 0) is 43.4 Å². The lowest BCUT2D eigenvalue weighted by Crippen LogP contribution is -2.32. The van der Waals surface area contributed by atoms with E-state index in [0.717, 1.165) is 31.4 Å². The Bertz CT molecular complexity index is 1160. The summed E-state index contributed by atoms with van der Waals surface area (Å²) in [6.45, 7) is 8.94. The number of rotatable bonds is 40. The van der Waals surface area contributed by atoms with Crippen molar-refractivity contribution in [2.24, 2.45) is 15.4 Å². The number of carbonyl (C=O) groups is 3. The van der Waals surface area contributed by atoms with Crippen LogP contribution in [0.15, 0.2) is 27.7 Å². The minimum Gasteiger partial charge on any atom is -0.387 e. The molecule has 0 saturated carbocycles. The first-order chi connectivity index (χ1) is 25.7. The van der Waals surface area contributed by atoms with Gasteiger partial charge >= 0.3 is 0 Å². The van der Waals surface area contributed by atoms with Crippen LogP contribution in [0, 0.1) is 0 Å². The molecule has 0 atom stereocenters. The number of unbranched alkanes of at least 4 members (excludes halogenated alkanes) is 13. The van der Waals surface area contributed by atoms with Gasteiger partial charge in [0, 0.05) is 31.7 Å². The van der Waals surface area contributed by atoms with E-state index in [2.05, 4.69) is 32.1 Å². The molecule has 1 rings (SSSR count). The summed E-state index contributed by atoms with van der Waals surface area (Å²) in [5.74, 6) is -0.606. The van der Waals surface area contributed by atoms with Crippen LogP contribution < -0.4 is 10.0 Å². The van der Waals surface area contributed by atoms with E-state index in [1.807, 2.05) is 0 Å². The molecule has 0 fully saturated rings. The summed E-state index contributed by atoms with van der Waals surface area (Å²) >= 11 is 0. The molecular weight excluding hydrogens is 703 g/mol. The molecule has 0 aliphatic carbocycles. The Hall–Kier alpha value is -2.59. The Morgan fingerprint density at radius 2 is 1.23 bits per heavy atom. The Morgan fingerprint density at radius 3 is 1.83 bits per heavy atom. The van der Waals surface area contributed by atoms with Crippen LogP contribution in [0.2, 0.25) is 0 Å². The summed E-state index contributed by atoms with van der Waals surface area (Å²) in [6.07, 6.45) is 19.7. The maximum absolute atomic E-state index is 12.3. The van der Waals surface area contributed by atoms with E-state index in [1.54, 1.807) is 0 Å². The van der Waals surface area contributed by atoms with Crippen molar-refractivity contribution in [3.8, 4) is 0 Å². The number of Topliss-reactive ketones (excluding diaryl/α,β-unsaturated/α-hetero) is 2. The predicted octanol–water partition coefficient (Wildman–Crippen LogP) is 6.38. The largest absolute Gasteiger partial charge is 0.387 e. The number of nitrogens with zero attached hydrogens (tertiary/aromatic N) is 3. The van der Waals surface area contributed by atoms with Gasteiger partial charge in [0.25, 0.3) is 0 Å². The average Bonchev–Trinajstić information content (AvgIpc) is 3.63. The molecule has 0 unspecified atom stereocenters. The van der Waals surface area contributed by atoms with Gasteiger partial charge in [-0.2, -0.15) is 5.11 Å². The number of ether oxygens (including phenoxy) is 4. The van der Waals surface area contributed by atoms with Gasteiger partial charge in [-0.1, -0.05) is 83.6 Å². The summed E-state index contributed by atoms with van der Waals surface area (Å²) in [7, 11) is -3.67. The zero-order valence-corrected chi connectivity index (χ0v) is 33.4. The maximum Gasteiger partial charge on any atom is 0.234 e. The van der Waals surface area contributed by atoms with Crippen molar-refractivity contribution in [1.29, 1.82) is 0 Å². The second-order valence-corrected chi connectivity index (χ2v) is 15.5. The smallest absolute Gasteiger partial charge is 0.234 e. The normalized spacial score (nSPS) is 12.6. The van der Waals surface area contributed by atoms with Crippen molar-refractivity contribution >= 4 is 33.2 Å². The average molecular weight is 772 g/mol. The van der Waals surface area contributed by atoms with E-state index in [1.165, 1.54) is 71.1 Å². The molecule has 0 aromatic heterocycles. The van der Waals surface area contributed by atoms with Gasteiger partial charge in [0.15, 0.2) is 11.6 Å². The molecule has 0 radical (unpaired) electrons. The van der Waals surface area contributed by atoms with Gasteiger partial charge in [0.05, 0.1) is 44.5 Å². The maximum atomic E-state index is 12.3. The second kappa shape index (κ2) is 33.9. The van der Waals surface area contributed by atoms with Gasteiger partial charge < -0.3 is 24.3 Å². The SMILES string of the molecule is C=C(CCCS(=O)(=O)NC(=O)CCCCCCCCCCCCCCCCC1=NN=NC1)NCCOCCOCC(=O)CCCOCCOCC(C)=O. The van der Waals surface area contributed by atoms with Crippen molar-refractivity contribution in [1.82, 2.24) is 10.0 Å². The molecule has 0 saturated heterocycles. The first-order valence-corrected chi connectivity index (χ1v) is 21.5. The molecule has 306 valence electrons. The number of hydrogen-bond donors (Lipinski definition) is 2. The molecule has 1 aliphatic heterocycles. The second-order valence-electron chi connectivity index (χ2n) is 13.7.